The van der Waals surface area contributed by atoms with E-state index in [2.05, 4.69) is 0 Å². The van der Waals surface area contributed by atoms with E-state index in [1.165, 1.54) is 6.07 Å². The molecule has 3 aromatic rings. The minimum Gasteiger partial charge on any atom is -0.508 e. The van der Waals surface area contributed by atoms with Crippen molar-refractivity contribution in [2.45, 2.75) is 0 Å². The summed E-state index contributed by atoms with van der Waals surface area (Å²) in [6.07, 6.45) is 0. The molecule has 0 aliphatic rings. The van der Waals surface area contributed by atoms with Crippen molar-refractivity contribution in [3.05, 3.63) is 46.8 Å². The van der Waals surface area contributed by atoms with E-state index in [0.717, 1.165) is 5.39 Å². The Labute approximate surface area is 102 Å². The standard InChI is InChI=1S/C14H10O4/c1-17-11-4-2-3-10-13(11)9-6-5-8(15)7-12(9)18-14(10)16/h2-7,15H,1H3. The van der Waals surface area contributed by atoms with Gasteiger partial charge in [-0.2, -0.15) is 0 Å². The van der Waals surface area contributed by atoms with Crippen LogP contribution in [0.25, 0.3) is 21.7 Å². The van der Waals surface area contributed by atoms with Gasteiger partial charge in [-0.1, -0.05) is 6.07 Å². The van der Waals surface area contributed by atoms with Gasteiger partial charge in [0.25, 0.3) is 0 Å². The molecule has 1 aromatic heterocycles. The summed E-state index contributed by atoms with van der Waals surface area (Å²) in [5.74, 6) is 0.663. The monoisotopic (exact) mass is 242 g/mol. The van der Waals surface area contributed by atoms with Crippen LogP contribution < -0.4 is 10.4 Å². The van der Waals surface area contributed by atoms with Gasteiger partial charge in [-0.05, 0) is 24.3 Å². The maximum Gasteiger partial charge on any atom is 0.344 e. The number of aromatic hydroxyl groups is 1. The number of ether oxygens (including phenoxy) is 1. The van der Waals surface area contributed by atoms with Crippen molar-refractivity contribution < 1.29 is 14.3 Å². The molecule has 18 heavy (non-hydrogen) atoms. The molecule has 0 aliphatic heterocycles. The molecule has 1 heterocycles. The van der Waals surface area contributed by atoms with Gasteiger partial charge in [-0.25, -0.2) is 4.79 Å². The Morgan fingerprint density at radius 2 is 2.00 bits per heavy atom. The number of rotatable bonds is 1. The zero-order chi connectivity index (χ0) is 12.7. The number of hydrogen-bond donors (Lipinski definition) is 1. The highest BCUT2D eigenvalue weighted by atomic mass is 16.5. The van der Waals surface area contributed by atoms with E-state index in [4.69, 9.17) is 9.15 Å². The second-order valence-corrected chi connectivity index (χ2v) is 3.95. The maximum absolute atomic E-state index is 11.9. The zero-order valence-electron chi connectivity index (χ0n) is 9.64. The minimum absolute atomic E-state index is 0.0555. The van der Waals surface area contributed by atoms with Gasteiger partial charge in [-0.15, -0.1) is 0 Å². The molecule has 0 unspecified atom stereocenters. The van der Waals surface area contributed by atoms with Crippen LogP contribution in [-0.4, -0.2) is 12.2 Å². The minimum atomic E-state index is -0.443. The molecule has 0 fully saturated rings. The Kier molecular flexibility index (Phi) is 2.23. The van der Waals surface area contributed by atoms with Crippen LogP contribution in [0.1, 0.15) is 0 Å². The maximum atomic E-state index is 11.9. The first kappa shape index (κ1) is 10.7. The molecule has 0 spiro atoms. The topological polar surface area (TPSA) is 59.7 Å². The zero-order valence-corrected chi connectivity index (χ0v) is 9.64. The van der Waals surface area contributed by atoms with Crippen LogP contribution in [0.5, 0.6) is 11.5 Å². The summed E-state index contributed by atoms with van der Waals surface area (Å²) in [6.45, 7) is 0. The molecule has 0 bridgehead atoms. The van der Waals surface area contributed by atoms with E-state index in [-0.39, 0.29) is 5.75 Å². The highest BCUT2D eigenvalue weighted by Crippen LogP contribution is 2.32. The van der Waals surface area contributed by atoms with Crippen molar-refractivity contribution in [3.8, 4) is 11.5 Å². The van der Waals surface area contributed by atoms with Crippen LogP contribution in [0.3, 0.4) is 0 Å². The summed E-state index contributed by atoms with van der Waals surface area (Å²) in [4.78, 5) is 11.9. The quantitative estimate of drug-likeness (QED) is 0.526. The Hall–Kier alpha value is -2.49. The van der Waals surface area contributed by atoms with Gasteiger partial charge in [0.15, 0.2) is 0 Å². The summed E-state index contributed by atoms with van der Waals surface area (Å²) in [5.41, 5.74) is -0.0981. The highest BCUT2D eigenvalue weighted by Gasteiger charge is 2.11. The second-order valence-electron chi connectivity index (χ2n) is 3.95. The molecule has 2 aromatic carbocycles. The molecule has 0 atom stereocenters. The lowest BCUT2D eigenvalue weighted by Crippen LogP contribution is -2.00. The third kappa shape index (κ3) is 1.43. The molecule has 4 heteroatoms. The SMILES string of the molecule is COc1cccc2c(=O)oc3cc(O)ccc3c12. The third-order valence-electron chi connectivity index (χ3n) is 2.90. The lowest BCUT2D eigenvalue weighted by Gasteiger charge is -2.07. The molecule has 0 saturated carbocycles. The molecule has 0 amide bonds. The predicted octanol–water partition coefficient (Wildman–Crippen LogP) is 2.66. The van der Waals surface area contributed by atoms with Crippen molar-refractivity contribution in [2.75, 3.05) is 7.11 Å². The van der Waals surface area contributed by atoms with Gasteiger partial charge < -0.3 is 14.3 Å². The summed E-state index contributed by atoms with van der Waals surface area (Å²) in [6, 6.07) is 9.89. The largest absolute Gasteiger partial charge is 0.508 e. The Morgan fingerprint density at radius 3 is 2.78 bits per heavy atom. The van der Waals surface area contributed by atoms with Crippen molar-refractivity contribution >= 4 is 21.7 Å². The van der Waals surface area contributed by atoms with Crippen molar-refractivity contribution in [1.82, 2.24) is 0 Å². The summed E-state index contributed by atoms with van der Waals surface area (Å²) < 4.78 is 10.5. The number of benzene rings is 2. The summed E-state index contributed by atoms with van der Waals surface area (Å²) in [5, 5.41) is 11.3. The van der Waals surface area contributed by atoms with E-state index in [1.54, 1.807) is 37.4 Å². The van der Waals surface area contributed by atoms with Gasteiger partial charge >= 0.3 is 5.63 Å². The van der Waals surface area contributed by atoms with Gasteiger partial charge in [-0.3, -0.25) is 0 Å². The Bertz CT molecular complexity index is 802. The van der Waals surface area contributed by atoms with E-state index in [1.807, 2.05) is 0 Å². The molecular weight excluding hydrogens is 232 g/mol. The Morgan fingerprint density at radius 1 is 1.17 bits per heavy atom. The number of phenolic OH excluding ortho intramolecular Hbond substituents is 1. The Balaban J connectivity index is 2.63. The fourth-order valence-corrected chi connectivity index (χ4v) is 2.11. The second kappa shape index (κ2) is 3.77. The van der Waals surface area contributed by atoms with Gasteiger partial charge in [0.2, 0.25) is 0 Å². The van der Waals surface area contributed by atoms with Crippen LogP contribution in [0.15, 0.2) is 45.6 Å². The molecule has 0 aliphatic carbocycles. The summed E-state index contributed by atoms with van der Waals surface area (Å²) >= 11 is 0. The molecule has 3 rings (SSSR count). The number of methoxy groups -OCH3 is 1. The number of hydrogen-bond acceptors (Lipinski definition) is 4. The number of fused-ring (bicyclic) bond motifs is 3. The fraction of sp³-hybridized carbons (Fsp3) is 0.0714. The molecular formula is C14H10O4. The predicted molar refractivity (Wildman–Crippen MR) is 68.2 cm³/mol. The van der Waals surface area contributed by atoms with Crippen LogP contribution in [0.2, 0.25) is 0 Å². The van der Waals surface area contributed by atoms with E-state index >= 15 is 0 Å². The highest BCUT2D eigenvalue weighted by molar-refractivity contribution is 6.07. The fourth-order valence-electron chi connectivity index (χ4n) is 2.11. The van der Waals surface area contributed by atoms with E-state index in [0.29, 0.717) is 22.1 Å². The number of phenols is 1. The van der Waals surface area contributed by atoms with E-state index in [9.17, 15) is 9.90 Å². The first-order valence-corrected chi connectivity index (χ1v) is 5.43. The van der Waals surface area contributed by atoms with Crippen molar-refractivity contribution in [1.29, 1.82) is 0 Å². The van der Waals surface area contributed by atoms with Crippen LogP contribution in [0, 0.1) is 0 Å². The molecule has 0 saturated heterocycles. The van der Waals surface area contributed by atoms with Crippen molar-refractivity contribution in [3.63, 3.8) is 0 Å². The van der Waals surface area contributed by atoms with Gasteiger partial charge in [0, 0.05) is 16.8 Å². The van der Waals surface area contributed by atoms with E-state index < -0.39 is 5.63 Å². The normalized spacial score (nSPS) is 10.9. The van der Waals surface area contributed by atoms with Crippen LogP contribution in [0.4, 0.5) is 0 Å². The molecule has 90 valence electrons. The smallest absolute Gasteiger partial charge is 0.344 e. The molecule has 1 N–H and O–H groups in total. The van der Waals surface area contributed by atoms with Crippen LogP contribution in [-0.2, 0) is 0 Å². The van der Waals surface area contributed by atoms with Crippen molar-refractivity contribution in [2.24, 2.45) is 0 Å². The summed E-state index contributed by atoms with van der Waals surface area (Å²) in [7, 11) is 1.55. The lowest BCUT2D eigenvalue weighted by molar-refractivity contribution is 0.419. The van der Waals surface area contributed by atoms with Crippen LogP contribution >= 0.6 is 0 Å². The average Bonchev–Trinajstić information content (AvgIpc) is 2.38. The third-order valence-corrected chi connectivity index (χ3v) is 2.90. The first-order valence-electron chi connectivity index (χ1n) is 5.43. The van der Waals surface area contributed by atoms with Gasteiger partial charge in [0.05, 0.1) is 12.5 Å². The first-order chi connectivity index (χ1) is 8.70. The van der Waals surface area contributed by atoms with Gasteiger partial charge in [0.1, 0.15) is 17.1 Å². The molecule has 0 radical (unpaired) electrons. The lowest BCUT2D eigenvalue weighted by atomic mass is 10.1. The molecule has 4 nitrogen and oxygen atoms in total. The average molecular weight is 242 g/mol.